The first-order valence-electron chi connectivity index (χ1n) is 11.7. The summed E-state index contributed by atoms with van der Waals surface area (Å²) in [5, 5.41) is 6.61. The minimum absolute atomic E-state index is 0.147. The normalized spacial score (nSPS) is 13.2. The van der Waals surface area contributed by atoms with E-state index >= 15 is 0 Å². The molecule has 0 atom stereocenters. The molecule has 2 N–H and O–H groups in total. The maximum atomic E-state index is 12.5. The van der Waals surface area contributed by atoms with Crippen LogP contribution >= 0.6 is 0 Å². The molecule has 3 aromatic rings. The van der Waals surface area contributed by atoms with Crippen molar-refractivity contribution in [3.63, 3.8) is 0 Å². The molecule has 13 heteroatoms. The summed E-state index contributed by atoms with van der Waals surface area (Å²) in [5.41, 5.74) is 1.03. The lowest BCUT2D eigenvalue weighted by atomic mass is 10.1. The lowest BCUT2D eigenvalue weighted by Crippen LogP contribution is -2.36. The largest absolute Gasteiger partial charge is 0.494 e. The quantitative estimate of drug-likeness (QED) is 0.384. The molecule has 0 radical (unpaired) electrons. The number of carbonyl (C=O) groups excluding carboxylic acids is 2. The van der Waals surface area contributed by atoms with Crippen molar-refractivity contribution in [2.75, 3.05) is 63.2 Å². The van der Waals surface area contributed by atoms with Gasteiger partial charge in [0.2, 0.25) is 17.7 Å². The highest BCUT2D eigenvalue weighted by Crippen LogP contribution is 2.33. The topological polar surface area (TPSA) is 150 Å². The van der Waals surface area contributed by atoms with Gasteiger partial charge in [-0.1, -0.05) is 0 Å². The van der Waals surface area contributed by atoms with Crippen molar-refractivity contribution >= 4 is 46.1 Å². The van der Waals surface area contributed by atoms with E-state index in [-0.39, 0.29) is 24.7 Å². The number of methoxy groups -OCH3 is 3. The van der Waals surface area contributed by atoms with Crippen molar-refractivity contribution < 1.29 is 28.5 Å². The predicted octanol–water partition coefficient (Wildman–Crippen LogP) is 2.30. The highest BCUT2D eigenvalue weighted by atomic mass is 16.5. The zero-order chi connectivity index (χ0) is 26.2. The first kappa shape index (κ1) is 25.8. The van der Waals surface area contributed by atoms with E-state index in [1.807, 2.05) is 0 Å². The molecule has 0 saturated carbocycles. The number of hydrogen-bond donors (Lipinski definition) is 2. The average Bonchev–Trinajstić information content (AvgIpc) is 2.93. The summed E-state index contributed by atoms with van der Waals surface area (Å²) in [6.45, 7) is 2.65. The van der Waals surface area contributed by atoms with Crippen molar-refractivity contribution in [2.24, 2.45) is 0 Å². The summed E-state index contributed by atoms with van der Waals surface area (Å²) >= 11 is 0. The van der Waals surface area contributed by atoms with Crippen LogP contribution in [0.5, 0.6) is 11.6 Å². The second kappa shape index (κ2) is 12.1. The van der Waals surface area contributed by atoms with Gasteiger partial charge in [-0.2, -0.15) is 9.97 Å². The summed E-state index contributed by atoms with van der Waals surface area (Å²) in [4.78, 5) is 43.7. The maximum Gasteiger partial charge on any atom is 0.305 e. The summed E-state index contributed by atoms with van der Waals surface area (Å²) in [7, 11) is 4.36. The van der Waals surface area contributed by atoms with E-state index in [2.05, 4.69) is 40.2 Å². The Labute approximate surface area is 213 Å². The molecule has 1 aliphatic rings. The fourth-order valence-corrected chi connectivity index (χ4v) is 3.79. The van der Waals surface area contributed by atoms with Crippen LogP contribution in [0.4, 0.5) is 23.3 Å². The molecule has 37 heavy (non-hydrogen) atoms. The number of benzene rings is 1. The van der Waals surface area contributed by atoms with Crippen molar-refractivity contribution in [3.8, 4) is 11.6 Å². The van der Waals surface area contributed by atoms with Crippen molar-refractivity contribution in [2.45, 2.75) is 19.3 Å². The zero-order valence-electron chi connectivity index (χ0n) is 20.9. The number of morpholine rings is 1. The van der Waals surface area contributed by atoms with Crippen LogP contribution in [0.15, 0.2) is 24.5 Å². The minimum atomic E-state index is -0.361. The zero-order valence-corrected chi connectivity index (χ0v) is 20.9. The first-order valence-corrected chi connectivity index (χ1v) is 11.7. The van der Waals surface area contributed by atoms with Gasteiger partial charge in [0.25, 0.3) is 0 Å². The molecule has 1 fully saturated rings. The van der Waals surface area contributed by atoms with Crippen LogP contribution in [0.2, 0.25) is 0 Å². The number of nitrogens with one attached hydrogen (secondary N) is 2. The number of rotatable bonds is 10. The van der Waals surface area contributed by atoms with Gasteiger partial charge in [0.05, 0.1) is 45.7 Å². The van der Waals surface area contributed by atoms with Crippen molar-refractivity contribution in [1.29, 1.82) is 0 Å². The van der Waals surface area contributed by atoms with Crippen LogP contribution in [-0.2, 0) is 19.1 Å². The molecule has 196 valence electrons. The Morgan fingerprint density at radius 3 is 2.57 bits per heavy atom. The Morgan fingerprint density at radius 2 is 1.84 bits per heavy atom. The summed E-state index contributed by atoms with van der Waals surface area (Å²) < 4.78 is 20.9. The number of aromatic nitrogens is 4. The Hall–Kier alpha value is -4.26. The minimum Gasteiger partial charge on any atom is -0.494 e. The molecule has 4 rings (SSSR count). The second-order valence-corrected chi connectivity index (χ2v) is 8.09. The van der Waals surface area contributed by atoms with E-state index in [0.29, 0.717) is 78.5 Å². The SMILES string of the molecule is COC(=O)CCCC(=O)Nc1cc2c(Nc3nc(OC)cc(N4CCOCC4)n3)ncnc2cc1OC. The molecule has 2 aromatic heterocycles. The summed E-state index contributed by atoms with van der Waals surface area (Å²) in [6.07, 6.45) is 2.09. The number of fused-ring (bicyclic) bond motifs is 1. The van der Waals surface area contributed by atoms with Crippen molar-refractivity contribution in [3.05, 3.63) is 24.5 Å². The lowest BCUT2D eigenvalue weighted by Gasteiger charge is -2.28. The monoisotopic (exact) mass is 511 g/mol. The van der Waals surface area contributed by atoms with Crippen LogP contribution in [0.25, 0.3) is 10.9 Å². The van der Waals surface area contributed by atoms with E-state index in [9.17, 15) is 9.59 Å². The average molecular weight is 512 g/mol. The molecule has 0 bridgehead atoms. The molecular weight excluding hydrogens is 482 g/mol. The van der Waals surface area contributed by atoms with Crippen molar-refractivity contribution in [1.82, 2.24) is 19.9 Å². The van der Waals surface area contributed by atoms with Gasteiger partial charge in [0.15, 0.2) is 0 Å². The third kappa shape index (κ3) is 6.50. The number of ether oxygens (including phenoxy) is 4. The number of esters is 1. The Balaban J connectivity index is 1.60. The molecule has 13 nitrogen and oxygen atoms in total. The molecular formula is C24H29N7O6. The number of anilines is 4. The lowest BCUT2D eigenvalue weighted by molar-refractivity contribution is -0.140. The molecule has 0 spiro atoms. The molecule has 1 aliphatic heterocycles. The van der Waals surface area contributed by atoms with Gasteiger partial charge in [-0.25, -0.2) is 9.97 Å². The Morgan fingerprint density at radius 1 is 1.03 bits per heavy atom. The van der Waals surface area contributed by atoms with Gasteiger partial charge < -0.3 is 34.5 Å². The third-order valence-electron chi connectivity index (χ3n) is 5.71. The van der Waals surface area contributed by atoms with Gasteiger partial charge in [-0.15, -0.1) is 0 Å². The number of hydrogen-bond acceptors (Lipinski definition) is 12. The van der Waals surface area contributed by atoms with E-state index < -0.39 is 0 Å². The van der Waals surface area contributed by atoms with E-state index in [1.54, 1.807) is 25.3 Å². The molecule has 1 aromatic carbocycles. The standard InChI is InChI=1S/C24H29N7O6/c1-34-18-12-16-15(11-17(18)27-20(32)5-4-6-22(33)36-3)23(26-14-25-16)30-24-28-19(13-21(29-24)35-2)31-7-9-37-10-8-31/h11-14H,4-10H2,1-3H3,(H,27,32)(H,25,26,28,29,30). The second-order valence-electron chi connectivity index (χ2n) is 8.09. The predicted molar refractivity (Wildman–Crippen MR) is 135 cm³/mol. The molecule has 0 unspecified atom stereocenters. The van der Waals surface area contributed by atoms with Crippen LogP contribution in [0.3, 0.4) is 0 Å². The highest BCUT2D eigenvalue weighted by Gasteiger charge is 2.18. The van der Waals surface area contributed by atoms with Crippen LogP contribution < -0.4 is 25.0 Å². The van der Waals surface area contributed by atoms with Crippen LogP contribution in [-0.4, -0.2) is 79.4 Å². The smallest absolute Gasteiger partial charge is 0.305 e. The van der Waals surface area contributed by atoms with Gasteiger partial charge in [0.1, 0.15) is 23.7 Å². The summed E-state index contributed by atoms with van der Waals surface area (Å²) in [6, 6.07) is 5.20. The van der Waals surface area contributed by atoms with E-state index in [0.717, 1.165) is 0 Å². The van der Waals surface area contributed by atoms with Gasteiger partial charge in [-0.05, 0) is 12.5 Å². The Bertz CT molecular complexity index is 1270. The van der Waals surface area contributed by atoms with Gasteiger partial charge in [-0.3, -0.25) is 9.59 Å². The first-order chi connectivity index (χ1) is 18.0. The van der Waals surface area contributed by atoms with Crippen LogP contribution in [0.1, 0.15) is 19.3 Å². The molecule has 0 aliphatic carbocycles. The van der Waals surface area contributed by atoms with Crippen LogP contribution in [0, 0.1) is 0 Å². The fourth-order valence-electron chi connectivity index (χ4n) is 3.79. The van der Waals surface area contributed by atoms with E-state index in [4.69, 9.17) is 14.2 Å². The number of amides is 1. The van der Waals surface area contributed by atoms with Gasteiger partial charge in [0, 0.05) is 43.5 Å². The fraction of sp³-hybridized carbons (Fsp3) is 0.417. The third-order valence-corrected chi connectivity index (χ3v) is 5.71. The molecule has 1 saturated heterocycles. The maximum absolute atomic E-state index is 12.5. The number of carbonyl (C=O) groups is 2. The van der Waals surface area contributed by atoms with E-state index in [1.165, 1.54) is 20.5 Å². The Kier molecular flexibility index (Phi) is 8.46. The molecule has 3 heterocycles. The summed E-state index contributed by atoms with van der Waals surface area (Å²) in [5.74, 6) is 1.65. The highest BCUT2D eigenvalue weighted by molar-refractivity contribution is 5.99. The number of nitrogens with zero attached hydrogens (tertiary/aromatic N) is 5. The molecule has 1 amide bonds. The van der Waals surface area contributed by atoms with Gasteiger partial charge >= 0.3 is 5.97 Å².